The molecule has 0 saturated carbocycles. The van der Waals surface area contributed by atoms with Crippen LogP contribution in [-0.2, 0) is 7.05 Å². The van der Waals surface area contributed by atoms with E-state index in [0.29, 0.717) is 22.5 Å². The molecule has 0 atom stereocenters. The second-order valence-electron chi connectivity index (χ2n) is 5.35. The summed E-state index contributed by atoms with van der Waals surface area (Å²) in [5.74, 6) is -0.425. The van der Waals surface area contributed by atoms with Gasteiger partial charge in [-0.3, -0.25) is 14.3 Å². The first-order valence-corrected chi connectivity index (χ1v) is 7.94. The van der Waals surface area contributed by atoms with Gasteiger partial charge in [-0.05, 0) is 37.3 Å². The molecule has 0 radical (unpaired) electrons. The number of benzene rings is 2. The number of aromatic nitrogens is 2. The Hall–Kier alpha value is -2.66. The van der Waals surface area contributed by atoms with Crippen LogP contribution in [0.4, 0.5) is 5.69 Å². The summed E-state index contributed by atoms with van der Waals surface area (Å²) in [5, 5.41) is 5.02. The molecule has 0 aliphatic carbocycles. The van der Waals surface area contributed by atoms with Crippen molar-refractivity contribution >= 4 is 34.1 Å². The van der Waals surface area contributed by atoms with Gasteiger partial charge in [-0.15, -0.1) is 0 Å². The van der Waals surface area contributed by atoms with Gasteiger partial charge in [0, 0.05) is 24.3 Å². The van der Waals surface area contributed by atoms with Gasteiger partial charge in [0.25, 0.3) is 5.91 Å². The Morgan fingerprint density at radius 2 is 1.92 bits per heavy atom. The molecule has 3 aromatic rings. The van der Waals surface area contributed by atoms with Gasteiger partial charge >= 0.3 is 0 Å². The van der Waals surface area contributed by atoms with Crippen LogP contribution in [0, 0.1) is 0 Å². The lowest BCUT2D eigenvalue weighted by atomic mass is 10.2. The van der Waals surface area contributed by atoms with E-state index in [1.54, 1.807) is 25.2 Å². The molecular formula is C18H16ClN3O2. The highest BCUT2D eigenvalue weighted by atomic mass is 35.5. The van der Waals surface area contributed by atoms with Crippen LogP contribution < -0.4 is 10.3 Å². The average molecular weight is 342 g/mol. The predicted molar refractivity (Wildman–Crippen MR) is 95.8 cm³/mol. The quantitative estimate of drug-likeness (QED) is 0.734. The van der Waals surface area contributed by atoms with Crippen molar-refractivity contribution < 1.29 is 4.79 Å². The SMILES string of the molecule is CCN(C(=O)c1nn(C)c2ccc(Cl)cc2c1=O)c1ccccc1. The van der Waals surface area contributed by atoms with Crippen LogP contribution in [0.3, 0.4) is 0 Å². The highest BCUT2D eigenvalue weighted by Crippen LogP contribution is 2.18. The van der Waals surface area contributed by atoms with E-state index in [9.17, 15) is 9.59 Å². The molecule has 1 amide bonds. The van der Waals surface area contributed by atoms with Crippen LogP contribution >= 0.6 is 11.6 Å². The Morgan fingerprint density at radius 3 is 2.58 bits per heavy atom. The summed E-state index contributed by atoms with van der Waals surface area (Å²) in [6.45, 7) is 2.29. The summed E-state index contributed by atoms with van der Waals surface area (Å²) < 4.78 is 1.53. The minimum Gasteiger partial charge on any atom is -0.307 e. The first kappa shape index (κ1) is 16.2. The van der Waals surface area contributed by atoms with Gasteiger partial charge in [-0.25, -0.2) is 0 Å². The van der Waals surface area contributed by atoms with Crippen molar-refractivity contribution in [3.8, 4) is 0 Å². The zero-order chi connectivity index (χ0) is 17.3. The maximum Gasteiger partial charge on any atom is 0.282 e. The van der Waals surface area contributed by atoms with E-state index in [-0.39, 0.29) is 5.69 Å². The molecular weight excluding hydrogens is 326 g/mol. The molecule has 0 fully saturated rings. The first-order chi connectivity index (χ1) is 11.5. The molecule has 0 saturated heterocycles. The minimum atomic E-state index is -0.425. The fraction of sp³-hybridized carbons (Fsp3) is 0.167. The van der Waals surface area contributed by atoms with Gasteiger partial charge in [0.15, 0.2) is 5.69 Å². The number of halogens is 1. The Labute approximate surface area is 144 Å². The lowest BCUT2D eigenvalue weighted by molar-refractivity contribution is 0.0980. The predicted octanol–water partition coefficient (Wildman–Crippen LogP) is 3.25. The average Bonchev–Trinajstić information content (AvgIpc) is 2.59. The van der Waals surface area contributed by atoms with Gasteiger partial charge in [0.1, 0.15) is 0 Å². The molecule has 0 spiro atoms. The zero-order valence-corrected chi connectivity index (χ0v) is 14.1. The molecule has 6 heteroatoms. The van der Waals surface area contributed by atoms with Crippen molar-refractivity contribution in [2.24, 2.45) is 7.05 Å². The number of fused-ring (bicyclic) bond motifs is 1. The van der Waals surface area contributed by atoms with Crippen molar-refractivity contribution in [1.29, 1.82) is 0 Å². The fourth-order valence-corrected chi connectivity index (χ4v) is 2.84. The normalized spacial score (nSPS) is 10.8. The van der Waals surface area contributed by atoms with E-state index in [4.69, 9.17) is 11.6 Å². The number of hydrogen-bond donors (Lipinski definition) is 0. The summed E-state index contributed by atoms with van der Waals surface area (Å²) in [5.41, 5.74) is 0.826. The smallest absolute Gasteiger partial charge is 0.282 e. The summed E-state index contributed by atoms with van der Waals surface area (Å²) in [7, 11) is 1.70. The third-order valence-corrected chi connectivity index (χ3v) is 4.08. The Morgan fingerprint density at radius 1 is 1.21 bits per heavy atom. The number of carbonyl (C=O) groups excluding carboxylic acids is 1. The van der Waals surface area contributed by atoms with Crippen LogP contribution in [0.2, 0.25) is 5.02 Å². The first-order valence-electron chi connectivity index (χ1n) is 7.56. The molecule has 0 aliphatic rings. The third kappa shape index (κ3) is 2.78. The van der Waals surface area contributed by atoms with Crippen LogP contribution in [-0.4, -0.2) is 22.2 Å². The monoisotopic (exact) mass is 341 g/mol. The van der Waals surface area contributed by atoms with Gasteiger partial charge < -0.3 is 4.90 Å². The van der Waals surface area contributed by atoms with E-state index in [1.807, 2.05) is 37.3 Å². The molecule has 0 aliphatic heterocycles. The van der Waals surface area contributed by atoms with Crippen LogP contribution in [0.1, 0.15) is 17.4 Å². The van der Waals surface area contributed by atoms with Crippen LogP contribution in [0.25, 0.3) is 10.9 Å². The number of hydrogen-bond acceptors (Lipinski definition) is 3. The number of amides is 1. The molecule has 1 aromatic heterocycles. The molecule has 3 rings (SSSR count). The molecule has 0 N–H and O–H groups in total. The molecule has 1 heterocycles. The molecule has 122 valence electrons. The third-order valence-electron chi connectivity index (χ3n) is 3.85. The van der Waals surface area contributed by atoms with Crippen molar-refractivity contribution in [2.75, 3.05) is 11.4 Å². The maximum absolute atomic E-state index is 12.9. The highest BCUT2D eigenvalue weighted by molar-refractivity contribution is 6.31. The standard InChI is InChI=1S/C18H16ClN3O2/c1-3-22(13-7-5-4-6-8-13)18(24)16-17(23)14-11-12(19)9-10-15(14)21(2)20-16/h4-11H,3H2,1-2H3. The molecule has 2 aromatic carbocycles. The molecule has 24 heavy (non-hydrogen) atoms. The summed E-state index contributed by atoms with van der Waals surface area (Å²) in [4.78, 5) is 27.2. The van der Waals surface area contributed by atoms with Crippen molar-refractivity contribution in [2.45, 2.75) is 6.92 Å². The minimum absolute atomic E-state index is 0.113. The topological polar surface area (TPSA) is 55.2 Å². The number of para-hydroxylation sites is 1. The number of anilines is 1. The van der Waals surface area contributed by atoms with Gasteiger partial charge in [-0.2, -0.15) is 5.10 Å². The van der Waals surface area contributed by atoms with Crippen LogP contribution in [0.5, 0.6) is 0 Å². The van der Waals surface area contributed by atoms with Crippen molar-refractivity contribution in [3.63, 3.8) is 0 Å². The lowest BCUT2D eigenvalue weighted by Crippen LogP contribution is -2.36. The van der Waals surface area contributed by atoms with Crippen molar-refractivity contribution in [3.05, 3.63) is 69.5 Å². The summed E-state index contributed by atoms with van der Waals surface area (Å²) in [6, 6.07) is 14.2. The number of carbonyl (C=O) groups is 1. The molecule has 0 bridgehead atoms. The molecule has 5 nitrogen and oxygen atoms in total. The van der Waals surface area contributed by atoms with E-state index in [0.717, 1.165) is 5.69 Å². The number of aryl methyl sites for hydroxylation is 1. The van der Waals surface area contributed by atoms with Crippen LogP contribution in [0.15, 0.2) is 53.3 Å². The second-order valence-corrected chi connectivity index (χ2v) is 5.78. The Bertz CT molecular complexity index is 967. The summed E-state index contributed by atoms with van der Waals surface area (Å²) in [6.07, 6.45) is 0. The fourth-order valence-electron chi connectivity index (χ4n) is 2.67. The zero-order valence-electron chi connectivity index (χ0n) is 13.4. The van der Waals surface area contributed by atoms with E-state index in [2.05, 4.69) is 5.10 Å². The lowest BCUT2D eigenvalue weighted by Gasteiger charge is -2.20. The van der Waals surface area contributed by atoms with Gasteiger partial charge in [0.2, 0.25) is 5.43 Å². The second kappa shape index (κ2) is 6.45. The van der Waals surface area contributed by atoms with E-state index < -0.39 is 11.3 Å². The maximum atomic E-state index is 12.9. The largest absolute Gasteiger partial charge is 0.307 e. The van der Waals surface area contributed by atoms with Gasteiger partial charge in [0.05, 0.1) is 10.9 Å². The Balaban J connectivity index is 2.16. The summed E-state index contributed by atoms with van der Waals surface area (Å²) >= 11 is 6.00. The number of rotatable bonds is 3. The van der Waals surface area contributed by atoms with E-state index in [1.165, 1.54) is 9.58 Å². The molecule has 0 unspecified atom stereocenters. The number of nitrogens with zero attached hydrogens (tertiary/aromatic N) is 3. The van der Waals surface area contributed by atoms with Gasteiger partial charge in [-0.1, -0.05) is 29.8 Å². The van der Waals surface area contributed by atoms with E-state index >= 15 is 0 Å². The highest BCUT2D eigenvalue weighted by Gasteiger charge is 2.22. The Kier molecular flexibility index (Phi) is 4.36. The van der Waals surface area contributed by atoms with Crippen molar-refractivity contribution in [1.82, 2.24) is 9.78 Å².